The van der Waals surface area contributed by atoms with Gasteiger partial charge in [-0.1, -0.05) is 30.3 Å². The van der Waals surface area contributed by atoms with Crippen LogP contribution in [0.3, 0.4) is 0 Å². The van der Waals surface area contributed by atoms with Crippen LogP contribution in [0.2, 0.25) is 0 Å². The molecule has 0 aliphatic carbocycles. The van der Waals surface area contributed by atoms with Crippen molar-refractivity contribution >= 4 is 38.2 Å². The Hall–Kier alpha value is -2.99. The van der Waals surface area contributed by atoms with Crippen LogP contribution in [0.5, 0.6) is 0 Å². The van der Waals surface area contributed by atoms with Gasteiger partial charge in [-0.2, -0.15) is 0 Å². The lowest BCUT2D eigenvalue weighted by molar-refractivity contribution is 0.0689. The van der Waals surface area contributed by atoms with Gasteiger partial charge in [0, 0.05) is 10.7 Å². The fraction of sp³-hybridized carbons (Fsp3) is 0.227. The first-order chi connectivity index (χ1) is 13.5. The Balaban J connectivity index is 1.72. The van der Waals surface area contributed by atoms with E-state index in [0.29, 0.717) is 16.7 Å². The molecule has 0 bridgehead atoms. The number of thiophene rings is 1. The smallest absolute Gasteiger partial charge is 0.264 e. The number of aryl methyl sites for hydroxylation is 1. The lowest BCUT2D eigenvalue weighted by Gasteiger charge is -2.26. The highest BCUT2D eigenvalue weighted by Gasteiger charge is 2.24. The molecule has 4 rings (SSSR count). The number of nitrogens with one attached hydrogen (secondary N) is 1. The summed E-state index contributed by atoms with van der Waals surface area (Å²) in [6.45, 7) is 6.18. The molecule has 6 heteroatoms. The van der Waals surface area contributed by atoms with Gasteiger partial charge in [0.1, 0.15) is 5.82 Å². The van der Waals surface area contributed by atoms with Gasteiger partial charge >= 0.3 is 0 Å². The molecule has 4 aromatic rings. The van der Waals surface area contributed by atoms with Crippen molar-refractivity contribution in [2.75, 3.05) is 0 Å². The van der Waals surface area contributed by atoms with Gasteiger partial charge in [-0.3, -0.25) is 9.59 Å². The van der Waals surface area contributed by atoms with Gasteiger partial charge in [0.2, 0.25) is 0 Å². The number of hydrogen-bond donors (Lipinski definition) is 1. The molecule has 2 aromatic carbocycles. The molecule has 0 spiro atoms. The van der Waals surface area contributed by atoms with Crippen LogP contribution in [-0.4, -0.2) is 26.8 Å². The maximum atomic E-state index is 13.3. The molecule has 28 heavy (non-hydrogen) atoms. The molecule has 0 unspecified atom stereocenters. The van der Waals surface area contributed by atoms with Gasteiger partial charge < -0.3 is 9.88 Å². The molecule has 0 aliphatic rings. The number of nitrogens with zero attached hydrogens (tertiary/aromatic N) is 2. The molecule has 5 nitrogen and oxygen atoms in total. The van der Waals surface area contributed by atoms with Gasteiger partial charge in [-0.05, 0) is 49.9 Å². The van der Waals surface area contributed by atoms with Crippen molar-refractivity contribution in [3.05, 3.63) is 75.1 Å². The van der Waals surface area contributed by atoms with Gasteiger partial charge in [0.25, 0.3) is 11.5 Å². The van der Waals surface area contributed by atoms with Crippen LogP contribution in [0.4, 0.5) is 0 Å². The second-order valence-corrected chi connectivity index (χ2v) is 8.16. The van der Waals surface area contributed by atoms with Crippen LogP contribution in [0.25, 0.3) is 21.0 Å². The molecule has 2 heterocycles. The topological polar surface area (TPSA) is 66.1 Å². The fourth-order valence-corrected chi connectivity index (χ4v) is 4.53. The minimum atomic E-state index is -0.185. The number of amides is 1. The maximum absolute atomic E-state index is 13.3. The van der Waals surface area contributed by atoms with Crippen molar-refractivity contribution < 1.29 is 4.79 Å². The number of aromatic amines is 1. The zero-order chi connectivity index (χ0) is 19.8. The summed E-state index contributed by atoms with van der Waals surface area (Å²) in [5.41, 5.74) is 1.45. The van der Waals surface area contributed by atoms with E-state index < -0.39 is 0 Å². The Morgan fingerprint density at radius 3 is 2.50 bits per heavy atom. The predicted molar refractivity (Wildman–Crippen MR) is 114 cm³/mol. The van der Waals surface area contributed by atoms with Crippen LogP contribution in [0.1, 0.15) is 34.9 Å². The minimum Gasteiger partial charge on any atom is -0.328 e. The van der Waals surface area contributed by atoms with Crippen LogP contribution in [0.15, 0.2) is 53.3 Å². The molecular weight excluding hydrogens is 370 g/mol. The van der Waals surface area contributed by atoms with Crippen LogP contribution < -0.4 is 5.56 Å². The van der Waals surface area contributed by atoms with Crippen LogP contribution in [-0.2, 0) is 6.54 Å². The highest BCUT2D eigenvalue weighted by atomic mass is 32.1. The first-order valence-corrected chi connectivity index (χ1v) is 10.0. The van der Waals surface area contributed by atoms with Gasteiger partial charge in [-0.25, -0.2) is 4.98 Å². The number of para-hydroxylation sites is 1. The summed E-state index contributed by atoms with van der Waals surface area (Å²) in [6.07, 6.45) is 0. The van der Waals surface area contributed by atoms with Crippen LogP contribution in [0, 0.1) is 6.92 Å². The third kappa shape index (κ3) is 3.20. The highest BCUT2D eigenvalue weighted by molar-refractivity contribution is 7.21. The summed E-state index contributed by atoms with van der Waals surface area (Å²) in [4.78, 5) is 35.6. The van der Waals surface area contributed by atoms with E-state index in [9.17, 15) is 9.59 Å². The third-order valence-corrected chi connectivity index (χ3v) is 6.16. The average Bonchev–Trinajstić information content (AvgIpc) is 3.02. The van der Waals surface area contributed by atoms with Crippen molar-refractivity contribution in [1.29, 1.82) is 0 Å². The van der Waals surface area contributed by atoms with E-state index >= 15 is 0 Å². The molecule has 142 valence electrons. The maximum Gasteiger partial charge on any atom is 0.264 e. The Morgan fingerprint density at radius 2 is 1.79 bits per heavy atom. The van der Waals surface area contributed by atoms with E-state index in [0.717, 1.165) is 20.5 Å². The Bertz CT molecular complexity index is 1240. The number of hydrogen-bond acceptors (Lipinski definition) is 4. The van der Waals surface area contributed by atoms with Gasteiger partial charge in [0.15, 0.2) is 0 Å². The van der Waals surface area contributed by atoms with Crippen LogP contribution >= 0.6 is 11.3 Å². The van der Waals surface area contributed by atoms with Crippen molar-refractivity contribution in [1.82, 2.24) is 14.9 Å². The third-order valence-electron chi connectivity index (χ3n) is 4.90. The SMILES string of the molecule is Cc1c(C(=O)N(Cc2nc3ccccc3c(=O)[nH]2)C(C)C)sc2ccccc12. The Morgan fingerprint density at radius 1 is 1.11 bits per heavy atom. The zero-order valence-corrected chi connectivity index (χ0v) is 16.8. The summed E-state index contributed by atoms with van der Waals surface area (Å²) >= 11 is 1.51. The molecule has 0 atom stereocenters. The minimum absolute atomic E-state index is 0.0334. The fourth-order valence-electron chi connectivity index (χ4n) is 3.37. The summed E-state index contributed by atoms with van der Waals surface area (Å²) in [6, 6.07) is 15.2. The number of aromatic nitrogens is 2. The van der Waals surface area contributed by atoms with Gasteiger partial charge in [0.05, 0.1) is 22.3 Å². The number of H-pyrrole nitrogens is 1. The van der Waals surface area contributed by atoms with E-state index in [1.807, 2.05) is 63.2 Å². The Labute approximate surface area is 166 Å². The lowest BCUT2D eigenvalue weighted by atomic mass is 10.1. The largest absolute Gasteiger partial charge is 0.328 e. The monoisotopic (exact) mass is 391 g/mol. The predicted octanol–water partition coefficient (Wildman–Crippen LogP) is 4.50. The molecule has 1 amide bonds. The molecule has 0 saturated carbocycles. The quantitative estimate of drug-likeness (QED) is 0.557. The summed E-state index contributed by atoms with van der Waals surface area (Å²) in [7, 11) is 0. The normalized spacial score (nSPS) is 11.4. The molecule has 0 saturated heterocycles. The summed E-state index contributed by atoms with van der Waals surface area (Å²) < 4.78 is 1.10. The van der Waals surface area contributed by atoms with E-state index in [1.54, 1.807) is 11.0 Å². The lowest BCUT2D eigenvalue weighted by Crippen LogP contribution is -2.37. The number of rotatable bonds is 4. The summed E-state index contributed by atoms with van der Waals surface area (Å²) in [5.74, 6) is 0.453. The standard InChI is InChI=1S/C22H21N3O2S/c1-13(2)25(12-19-23-17-10-6-4-9-16(17)21(26)24-19)22(27)20-14(3)15-8-5-7-11-18(15)28-20/h4-11,13H,12H2,1-3H3,(H,23,24,26). The van der Waals surface area contributed by atoms with Crippen molar-refractivity contribution in [2.45, 2.75) is 33.4 Å². The highest BCUT2D eigenvalue weighted by Crippen LogP contribution is 2.32. The first-order valence-electron chi connectivity index (χ1n) is 9.22. The van der Waals surface area contributed by atoms with Crippen molar-refractivity contribution in [2.24, 2.45) is 0 Å². The Kier molecular flexibility index (Phi) is 4.73. The molecule has 1 N–H and O–H groups in total. The molecule has 0 aliphatic heterocycles. The number of carbonyl (C=O) groups excluding carboxylic acids is 1. The molecular formula is C22H21N3O2S. The number of carbonyl (C=O) groups is 1. The number of fused-ring (bicyclic) bond motifs is 2. The van der Waals surface area contributed by atoms with Crippen molar-refractivity contribution in [3.8, 4) is 0 Å². The average molecular weight is 391 g/mol. The second-order valence-electron chi connectivity index (χ2n) is 7.11. The van der Waals surface area contributed by atoms with E-state index in [1.165, 1.54) is 11.3 Å². The van der Waals surface area contributed by atoms with E-state index in [2.05, 4.69) is 9.97 Å². The zero-order valence-electron chi connectivity index (χ0n) is 16.0. The molecule has 2 aromatic heterocycles. The summed E-state index contributed by atoms with van der Waals surface area (Å²) in [5, 5.41) is 1.66. The van der Waals surface area contributed by atoms with E-state index in [4.69, 9.17) is 0 Å². The molecule has 0 radical (unpaired) electrons. The van der Waals surface area contributed by atoms with Gasteiger partial charge in [-0.15, -0.1) is 11.3 Å². The molecule has 0 fully saturated rings. The van der Waals surface area contributed by atoms with E-state index in [-0.39, 0.29) is 24.1 Å². The second kappa shape index (κ2) is 7.20. The number of benzene rings is 2. The first kappa shape index (κ1) is 18.4. The van der Waals surface area contributed by atoms with Crippen molar-refractivity contribution in [3.63, 3.8) is 0 Å².